The monoisotopic (exact) mass is 342 g/mol. The first-order chi connectivity index (χ1) is 11.0. The zero-order chi connectivity index (χ0) is 16.4. The number of rotatable bonds is 2. The van der Waals surface area contributed by atoms with E-state index in [2.05, 4.69) is 4.98 Å². The largest absolute Gasteiger partial charge is 0.434 e. The van der Waals surface area contributed by atoms with Crippen LogP contribution in [0.2, 0.25) is 0 Å². The molecule has 8 heteroatoms. The second kappa shape index (κ2) is 6.29. The molecule has 1 saturated heterocycles. The van der Waals surface area contributed by atoms with E-state index < -0.39 is 23.3 Å². The molecule has 23 heavy (non-hydrogen) atoms. The molecule has 0 unspecified atom stereocenters. The van der Waals surface area contributed by atoms with Gasteiger partial charge in [0.25, 0.3) is 5.91 Å². The molecule has 3 rings (SSSR count). The molecular weight excluding hydrogens is 329 g/mol. The molecule has 0 N–H and O–H groups in total. The summed E-state index contributed by atoms with van der Waals surface area (Å²) in [5.74, 6) is -0.671. The average molecular weight is 342 g/mol. The second-order valence-corrected chi connectivity index (χ2v) is 6.00. The van der Waals surface area contributed by atoms with Crippen LogP contribution in [-0.4, -0.2) is 35.5 Å². The number of hydrogen-bond donors (Lipinski definition) is 0. The van der Waals surface area contributed by atoms with Gasteiger partial charge in [-0.05, 0) is 23.6 Å². The summed E-state index contributed by atoms with van der Waals surface area (Å²) in [4.78, 5) is 18.2. The van der Waals surface area contributed by atoms with Crippen molar-refractivity contribution in [3.05, 3.63) is 52.0 Å². The highest BCUT2D eigenvalue weighted by atomic mass is 32.1. The van der Waals surface area contributed by atoms with Crippen LogP contribution in [0.25, 0.3) is 0 Å². The Hall–Kier alpha value is -1.93. The first-order valence-electron chi connectivity index (χ1n) is 6.93. The van der Waals surface area contributed by atoms with Gasteiger partial charge in [-0.1, -0.05) is 6.07 Å². The Balaban J connectivity index is 1.83. The van der Waals surface area contributed by atoms with Gasteiger partial charge in [-0.15, -0.1) is 11.3 Å². The highest BCUT2D eigenvalue weighted by Gasteiger charge is 2.38. The van der Waals surface area contributed by atoms with Gasteiger partial charge >= 0.3 is 6.18 Å². The summed E-state index contributed by atoms with van der Waals surface area (Å²) in [7, 11) is 0. The minimum absolute atomic E-state index is 0.228. The van der Waals surface area contributed by atoms with Crippen LogP contribution in [0.5, 0.6) is 0 Å². The van der Waals surface area contributed by atoms with Gasteiger partial charge in [0.15, 0.2) is 5.69 Å². The maximum absolute atomic E-state index is 13.0. The van der Waals surface area contributed by atoms with Crippen molar-refractivity contribution in [3.8, 4) is 0 Å². The fourth-order valence-electron chi connectivity index (χ4n) is 2.45. The Morgan fingerprint density at radius 3 is 2.87 bits per heavy atom. The van der Waals surface area contributed by atoms with E-state index in [9.17, 15) is 18.0 Å². The normalized spacial score (nSPS) is 18.9. The maximum atomic E-state index is 13.0. The van der Waals surface area contributed by atoms with E-state index in [4.69, 9.17) is 4.74 Å². The number of ether oxygens (including phenoxy) is 1. The summed E-state index contributed by atoms with van der Waals surface area (Å²) in [6.45, 7) is 0.772. The Kier molecular flexibility index (Phi) is 4.36. The molecule has 0 bridgehead atoms. The number of thiophene rings is 1. The number of halogens is 3. The smallest absolute Gasteiger partial charge is 0.369 e. The fraction of sp³-hybridized carbons (Fsp3) is 0.333. The van der Waals surface area contributed by atoms with E-state index in [0.717, 1.165) is 17.1 Å². The highest BCUT2D eigenvalue weighted by Crippen LogP contribution is 2.32. The van der Waals surface area contributed by atoms with Crippen LogP contribution in [0, 0.1) is 0 Å². The summed E-state index contributed by atoms with van der Waals surface area (Å²) in [6, 6.07) is 6.25. The summed E-state index contributed by atoms with van der Waals surface area (Å²) in [6.07, 6.45) is -3.93. The van der Waals surface area contributed by atoms with Crippen molar-refractivity contribution in [1.82, 2.24) is 9.88 Å². The van der Waals surface area contributed by atoms with Crippen LogP contribution in [0.4, 0.5) is 13.2 Å². The van der Waals surface area contributed by atoms with Gasteiger partial charge in [0.2, 0.25) is 0 Å². The Bertz CT molecular complexity index is 688. The third kappa shape index (κ3) is 3.37. The zero-order valence-electron chi connectivity index (χ0n) is 11.9. The molecule has 2 aromatic heterocycles. The maximum Gasteiger partial charge on any atom is 0.434 e. The van der Waals surface area contributed by atoms with E-state index in [1.807, 2.05) is 17.5 Å². The lowest BCUT2D eigenvalue weighted by molar-refractivity contribution is -0.141. The number of hydrogen-bond acceptors (Lipinski definition) is 4. The van der Waals surface area contributed by atoms with E-state index in [1.165, 1.54) is 22.3 Å². The lowest BCUT2D eigenvalue weighted by Crippen LogP contribution is -2.42. The summed E-state index contributed by atoms with van der Waals surface area (Å²) in [5, 5.41) is 1.89. The van der Waals surface area contributed by atoms with Gasteiger partial charge in [0.1, 0.15) is 6.10 Å². The van der Waals surface area contributed by atoms with Crippen LogP contribution in [-0.2, 0) is 10.9 Å². The van der Waals surface area contributed by atoms with Crippen molar-refractivity contribution in [3.63, 3.8) is 0 Å². The number of pyridine rings is 1. The topological polar surface area (TPSA) is 42.4 Å². The summed E-state index contributed by atoms with van der Waals surface area (Å²) < 4.78 is 44.7. The van der Waals surface area contributed by atoms with Gasteiger partial charge < -0.3 is 9.64 Å². The van der Waals surface area contributed by atoms with Crippen LogP contribution < -0.4 is 0 Å². The van der Waals surface area contributed by atoms with Crippen LogP contribution >= 0.6 is 11.3 Å². The van der Waals surface area contributed by atoms with Crippen molar-refractivity contribution in [2.24, 2.45) is 0 Å². The van der Waals surface area contributed by atoms with Crippen LogP contribution in [0.1, 0.15) is 27.0 Å². The van der Waals surface area contributed by atoms with E-state index in [1.54, 1.807) is 0 Å². The predicted molar refractivity (Wildman–Crippen MR) is 78.2 cm³/mol. The summed E-state index contributed by atoms with van der Waals surface area (Å²) in [5.41, 5.74) is -1.57. The third-order valence-electron chi connectivity index (χ3n) is 3.52. The van der Waals surface area contributed by atoms with Gasteiger partial charge in [-0.3, -0.25) is 9.78 Å². The Labute approximate surface area is 134 Å². The lowest BCUT2D eigenvalue weighted by atomic mass is 10.1. The van der Waals surface area contributed by atoms with E-state index in [0.29, 0.717) is 0 Å². The minimum Gasteiger partial charge on any atom is -0.369 e. The van der Waals surface area contributed by atoms with Gasteiger partial charge in [-0.25, -0.2) is 0 Å². The van der Waals surface area contributed by atoms with Gasteiger partial charge in [0.05, 0.1) is 18.7 Å². The molecule has 0 aromatic carbocycles. The van der Waals surface area contributed by atoms with E-state index in [-0.39, 0.29) is 25.8 Å². The van der Waals surface area contributed by atoms with Crippen molar-refractivity contribution >= 4 is 17.2 Å². The molecule has 4 nitrogen and oxygen atoms in total. The molecule has 2 aromatic rings. The van der Waals surface area contributed by atoms with Crippen molar-refractivity contribution < 1.29 is 22.7 Å². The lowest BCUT2D eigenvalue weighted by Gasteiger charge is -2.33. The fourth-order valence-corrected chi connectivity index (χ4v) is 3.22. The molecule has 0 radical (unpaired) electrons. The van der Waals surface area contributed by atoms with E-state index >= 15 is 0 Å². The Morgan fingerprint density at radius 1 is 1.35 bits per heavy atom. The molecule has 3 heterocycles. The zero-order valence-corrected chi connectivity index (χ0v) is 12.7. The van der Waals surface area contributed by atoms with Crippen molar-refractivity contribution in [1.29, 1.82) is 0 Å². The second-order valence-electron chi connectivity index (χ2n) is 5.02. The first kappa shape index (κ1) is 15.9. The third-order valence-corrected chi connectivity index (χ3v) is 4.49. The van der Waals surface area contributed by atoms with Crippen molar-refractivity contribution in [2.75, 3.05) is 19.7 Å². The molecular formula is C15H13F3N2O2S. The molecule has 0 spiro atoms. The number of alkyl halides is 3. The van der Waals surface area contributed by atoms with Gasteiger partial charge in [0, 0.05) is 17.6 Å². The standard InChI is InChI=1S/C15H13F3N2O2S/c16-15(17,18)13-10(3-1-5-19-13)14(21)20-6-7-22-11(9-20)12-4-2-8-23-12/h1-5,8,11H,6-7,9H2/t11-/m0/s1. The molecule has 1 atom stereocenters. The number of nitrogens with zero attached hydrogens (tertiary/aromatic N) is 2. The first-order valence-corrected chi connectivity index (χ1v) is 7.81. The van der Waals surface area contributed by atoms with Gasteiger partial charge in [-0.2, -0.15) is 13.2 Å². The molecule has 0 aliphatic carbocycles. The minimum atomic E-state index is -4.66. The van der Waals surface area contributed by atoms with Crippen LogP contribution in [0.15, 0.2) is 35.8 Å². The molecule has 1 fully saturated rings. The number of carbonyl (C=O) groups is 1. The molecule has 1 aliphatic rings. The molecule has 0 saturated carbocycles. The van der Waals surface area contributed by atoms with Crippen molar-refractivity contribution in [2.45, 2.75) is 12.3 Å². The molecule has 1 aliphatic heterocycles. The number of aromatic nitrogens is 1. The summed E-state index contributed by atoms with van der Waals surface area (Å²) >= 11 is 1.49. The molecule has 1 amide bonds. The average Bonchev–Trinajstić information content (AvgIpc) is 3.08. The number of morpholine rings is 1. The van der Waals surface area contributed by atoms with Crippen LogP contribution in [0.3, 0.4) is 0 Å². The predicted octanol–water partition coefficient (Wildman–Crippen LogP) is 3.38. The highest BCUT2D eigenvalue weighted by molar-refractivity contribution is 7.10. The SMILES string of the molecule is O=C(c1cccnc1C(F)(F)F)N1CCO[C@H](c2cccs2)C1. The number of amides is 1. The Morgan fingerprint density at radius 2 is 2.17 bits per heavy atom. The quantitative estimate of drug-likeness (QED) is 0.840. The molecule has 122 valence electrons. The number of carbonyl (C=O) groups excluding carboxylic acids is 1.